The van der Waals surface area contributed by atoms with Gasteiger partial charge in [0.25, 0.3) is 0 Å². The van der Waals surface area contributed by atoms with Gasteiger partial charge >= 0.3 is 0 Å². The molecule has 6 heteroatoms. The molecule has 2 aromatic rings. The van der Waals surface area contributed by atoms with Crippen molar-refractivity contribution in [2.45, 2.75) is 17.7 Å². The van der Waals surface area contributed by atoms with Crippen molar-refractivity contribution in [1.29, 1.82) is 0 Å². The summed E-state index contributed by atoms with van der Waals surface area (Å²) >= 11 is 14.5. The minimum Gasteiger partial charge on any atom is -0.368 e. The molecule has 0 aliphatic carbocycles. The fourth-order valence-corrected chi connectivity index (χ4v) is 5.33. The van der Waals surface area contributed by atoms with Gasteiger partial charge in [-0.1, -0.05) is 41.4 Å². The van der Waals surface area contributed by atoms with E-state index in [2.05, 4.69) is 45.0 Å². The molecule has 144 valence electrons. The first-order chi connectivity index (χ1) is 13.2. The lowest BCUT2D eigenvalue weighted by Gasteiger charge is -2.36. The lowest BCUT2D eigenvalue weighted by molar-refractivity contribution is 0.253. The molecular weight excluding hydrogens is 397 g/mol. The summed E-state index contributed by atoms with van der Waals surface area (Å²) in [4.78, 5) is 8.86. The minimum atomic E-state index is 0.637. The van der Waals surface area contributed by atoms with Crippen LogP contribution < -0.4 is 9.80 Å². The van der Waals surface area contributed by atoms with Crippen LogP contribution in [0.4, 0.5) is 11.4 Å². The zero-order valence-electron chi connectivity index (χ0n) is 15.4. The van der Waals surface area contributed by atoms with Crippen molar-refractivity contribution < 1.29 is 0 Å². The topological polar surface area (TPSA) is 9.72 Å². The van der Waals surface area contributed by atoms with Crippen LogP contribution in [0.5, 0.6) is 0 Å². The molecule has 0 atom stereocenters. The molecule has 1 fully saturated rings. The molecule has 0 spiro atoms. The van der Waals surface area contributed by atoms with E-state index in [1.54, 1.807) is 0 Å². The van der Waals surface area contributed by atoms with Crippen molar-refractivity contribution >= 4 is 46.3 Å². The summed E-state index contributed by atoms with van der Waals surface area (Å²) in [6, 6.07) is 14.6. The SMILES string of the molecule is Clc1cccc(N2CCN(CCCCN3CSc4ccccc43)CC2)c1Cl. The van der Waals surface area contributed by atoms with Gasteiger partial charge in [-0.15, -0.1) is 11.8 Å². The van der Waals surface area contributed by atoms with Crippen molar-refractivity contribution in [2.75, 3.05) is 54.9 Å². The number of anilines is 2. The summed E-state index contributed by atoms with van der Waals surface area (Å²) in [6.45, 7) is 6.53. The summed E-state index contributed by atoms with van der Waals surface area (Å²) in [7, 11) is 0. The normalized spacial score (nSPS) is 17.4. The molecule has 1 saturated heterocycles. The van der Waals surface area contributed by atoms with Crippen LogP contribution in [0.3, 0.4) is 0 Å². The van der Waals surface area contributed by atoms with Crippen LogP contribution in [0, 0.1) is 0 Å². The number of fused-ring (bicyclic) bond motifs is 1. The third-order valence-corrected chi connectivity index (χ3v) is 7.28. The number of rotatable bonds is 6. The zero-order valence-corrected chi connectivity index (χ0v) is 17.7. The van der Waals surface area contributed by atoms with E-state index in [4.69, 9.17) is 23.2 Å². The number of thioether (sulfide) groups is 1. The molecule has 2 aromatic carbocycles. The van der Waals surface area contributed by atoms with Gasteiger partial charge in [-0.05, 0) is 43.7 Å². The molecule has 2 aliphatic rings. The number of benzene rings is 2. The molecule has 0 unspecified atom stereocenters. The van der Waals surface area contributed by atoms with Gasteiger partial charge in [0.1, 0.15) is 0 Å². The smallest absolute Gasteiger partial charge is 0.0825 e. The molecule has 2 aliphatic heterocycles. The highest BCUT2D eigenvalue weighted by Gasteiger charge is 2.20. The highest BCUT2D eigenvalue weighted by Crippen LogP contribution is 2.38. The van der Waals surface area contributed by atoms with E-state index in [-0.39, 0.29) is 0 Å². The molecular formula is C21H25Cl2N3S. The Bertz CT molecular complexity index is 778. The number of nitrogens with zero attached hydrogens (tertiary/aromatic N) is 3. The Balaban J connectivity index is 1.19. The van der Waals surface area contributed by atoms with Crippen LogP contribution in [0.25, 0.3) is 0 Å². The van der Waals surface area contributed by atoms with Crippen molar-refractivity contribution in [3.8, 4) is 0 Å². The second kappa shape index (κ2) is 8.95. The lowest BCUT2D eigenvalue weighted by atomic mass is 10.2. The van der Waals surface area contributed by atoms with Crippen LogP contribution >= 0.6 is 35.0 Å². The average Bonchev–Trinajstić information content (AvgIpc) is 3.11. The minimum absolute atomic E-state index is 0.637. The third kappa shape index (κ3) is 4.51. The Kier molecular flexibility index (Phi) is 6.39. The Labute approximate surface area is 176 Å². The Hall–Kier alpha value is -1.07. The summed E-state index contributed by atoms with van der Waals surface area (Å²) < 4.78 is 0. The van der Waals surface area contributed by atoms with Crippen LogP contribution in [-0.2, 0) is 0 Å². The molecule has 4 rings (SSSR count). The fraction of sp³-hybridized carbons (Fsp3) is 0.429. The van der Waals surface area contributed by atoms with Gasteiger partial charge < -0.3 is 9.80 Å². The molecule has 3 nitrogen and oxygen atoms in total. The van der Waals surface area contributed by atoms with Gasteiger partial charge in [0, 0.05) is 37.6 Å². The summed E-state index contributed by atoms with van der Waals surface area (Å²) in [6.07, 6.45) is 2.50. The Morgan fingerprint density at radius 2 is 1.56 bits per heavy atom. The molecule has 0 amide bonds. The van der Waals surface area contributed by atoms with Crippen LogP contribution in [0.15, 0.2) is 47.4 Å². The van der Waals surface area contributed by atoms with E-state index in [9.17, 15) is 0 Å². The van der Waals surface area contributed by atoms with Crippen molar-refractivity contribution in [3.63, 3.8) is 0 Å². The third-order valence-electron chi connectivity index (χ3n) is 5.38. The molecule has 2 heterocycles. The van der Waals surface area contributed by atoms with E-state index in [1.165, 1.54) is 30.0 Å². The first kappa shape index (κ1) is 19.3. The highest BCUT2D eigenvalue weighted by atomic mass is 35.5. The maximum Gasteiger partial charge on any atom is 0.0825 e. The fourth-order valence-electron chi connectivity index (χ4n) is 3.83. The number of halogens is 2. The summed E-state index contributed by atoms with van der Waals surface area (Å²) in [5.41, 5.74) is 2.48. The second-order valence-corrected chi connectivity index (χ2v) is 8.89. The van der Waals surface area contributed by atoms with E-state index in [0.717, 1.165) is 44.3 Å². The monoisotopic (exact) mass is 421 g/mol. The van der Waals surface area contributed by atoms with Crippen molar-refractivity contribution in [2.24, 2.45) is 0 Å². The summed E-state index contributed by atoms with van der Waals surface area (Å²) in [5, 5.41) is 1.31. The first-order valence-electron chi connectivity index (χ1n) is 9.60. The number of hydrogen-bond acceptors (Lipinski definition) is 4. The molecule has 27 heavy (non-hydrogen) atoms. The zero-order chi connectivity index (χ0) is 18.6. The van der Waals surface area contributed by atoms with Crippen LogP contribution in [0.2, 0.25) is 10.0 Å². The number of unbranched alkanes of at least 4 members (excludes halogenated alkanes) is 1. The first-order valence-corrected chi connectivity index (χ1v) is 11.3. The van der Waals surface area contributed by atoms with Gasteiger partial charge in [0.05, 0.1) is 27.3 Å². The second-order valence-electron chi connectivity index (χ2n) is 7.11. The Morgan fingerprint density at radius 3 is 2.41 bits per heavy atom. The lowest BCUT2D eigenvalue weighted by Crippen LogP contribution is -2.46. The molecule has 0 bridgehead atoms. The van der Waals surface area contributed by atoms with Crippen LogP contribution in [0.1, 0.15) is 12.8 Å². The van der Waals surface area contributed by atoms with E-state index < -0.39 is 0 Å². The van der Waals surface area contributed by atoms with Crippen molar-refractivity contribution in [3.05, 3.63) is 52.5 Å². The molecule has 0 radical (unpaired) electrons. The molecule has 0 saturated carbocycles. The highest BCUT2D eigenvalue weighted by molar-refractivity contribution is 7.99. The maximum atomic E-state index is 6.37. The standard InChI is InChI=1S/C21H25Cl2N3S/c22-17-6-5-8-19(21(17)23)25-14-12-24(13-15-25)10-3-4-11-26-16-27-20-9-2-1-7-18(20)26/h1-2,5-9H,3-4,10-16H2. The largest absolute Gasteiger partial charge is 0.368 e. The van der Waals surface area contributed by atoms with Gasteiger partial charge in [-0.2, -0.15) is 0 Å². The average molecular weight is 422 g/mol. The molecule has 0 N–H and O–H groups in total. The quantitative estimate of drug-likeness (QED) is 0.571. The Morgan fingerprint density at radius 1 is 0.815 bits per heavy atom. The molecule has 0 aromatic heterocycles. The van der Waals surface area contributed by atoms with Gasteiger partial charge in [0.2, 0.25) is 0 Å². The van der Waals surface area contributed by atoms with E-state index in [1.807, 2.05) is 23.9 Å². The number of hydrogen-bond donors (Lipinski definition) is 0. The predicted molar refractivity (Wildman–Crippen MR) is 119 cm³/mol. The van der Waals surface area contributed by atoms with Crippen LogP contribution in [-0.4, -0.2) is 50.0 Å². The van der Waals surface area contributed by atoms with E-state index >= 15 is 0 Å². The van der Waals surface area contributed by atoms with Gasteiger partial charge in [-0.3, -0.25) is 4.90 Å². The number of para-hydroxylation sites is 1. The van der Waals surface area contributed by atoms with Gasteiger partial charge in [0.15, 0.2) is 0 Å². The predicted octanol–water partition coefficient (Wildman–Crippen LogP) is 5.47. The summed E-state index contributed by atoms with van der Waals surface area (Å²) in [5.74, 6) is 1.10. The van der Waals surface area contributed by atoms with E-state index in [0.29, 0.717) is 10.0 Å². The maximum absolute atomic E-state index is 6.37. The number of piperazine rings is 1. The van der Waals surface area contributed by atoms with Crippen molar-refractivity contribution in [1.82, 2.24) is 4.90 Å². The van der Waals surface area contributed by atoms with Gasteiger partial charge in [-0.25, -0.2) is 0 Å².